The van der Waals surface area contributed by atoms with Gasteiger partial charge in [0.2, 0.25) is 0 Å². The van der Waals surface area contributed by atoms with E-state index in [2.05, 4.69) is 6.92 Å². The summed E-state index contributed by atoms with van der Waals surface area (Å²) in [5.41, 5.74) is 0. The van der Waals surface area contributed by atoms with Gasteiger partial charge in [-0.15, -0.1) is 0 Å². The zero-order valence-corrected chi connectivity index (χ0v) is 14.3. The number of hydrogen-bond donors (Lipinski definition) is 0. The van der Waals surface area contributed by atoms with Gasteiger partial charge in [0.05, 0.1) is 12.7 Å². The third-order valence-corrected chi connectivity index (χ3v) is 4.07. The molecule has 0 aromatic carbocycles. The molecule has 0 aliphatic rings. The average Bonchev–Trinajstić information content (AvgIpc) is 2.47. The van der Waals surface area contributed by atoms with Gasteiger partial charge in [0.1, 0.15) is 0 Å². The monoisotopic (exact) mass is 286 g/mol. The molecule has 0 aliphatic carbocycles. The molecule has 1 atom stereocenters. The van der Waals surface area contributed by atoms with Gasteiger partial charge in [-0.25, -0.2) is 0 Å². The first-order valence-electron chi connectivity index (χ1n) is 8.86. The summed E-state index contributed by atoms with van der Waals surface area (Å²) in [6.07, 6.45) is 18.3. The topological polar surface area (TPSA) is 18.5 Å². The summed E-state index contributed by atoms with van der Waals surface area (Å²) in [7, 11) is 3.53. The van der Waals surface area contributed by atoms with Gasteiger partial charge in [-0.3, -0.25) is 0 Å². The Morgan fingerprint density at radius 2 is 1.10 bits per heavy atom. The average molecular weight is 286 g/mol. The number of unbranched alkanes of at least 4 members (excludes halogenated alkanes) is 11. The maximum Gasteiger partial charge on any atom is 0.0804 e. The minimum Gasteiger partial charge on any atom is -0.382 e. The van der Waals surface area contributed by atoms with Crippen molar-refractivity contribution in [2.24, 2.45) is 0 Å². The molecule has 2 nitrogen and oxygen atoms in total. The van der Waals surface area contributed by atoms with E-state index in [0.29, 0.717) is 6.10 Å². The lowest BCUT2D eigenvalue weighted by Crippen LogP contribution is -2.16. The summed E-state index contributed by atoms with van der Waals surface area (Å²) in [5.74, 6) is 0. The Morgan fingerprint density at radius 3 is 1.50 bits per heavy atom. The largest absolute Gasteiger partial charge is 0.382 e. The second-order valence-electron chi connectivity index (χ2n) is 5.99. The predicted octanol–water partition coefficient (Wildman–Crippen LogP) is 5.74. The molecule has 0 amide bonds. The second-order valence-corrected chi connectivity index (χ2v) is 5.99. The summed E-state index contributed by atoms with van der Waals surface area (Å²) >= 11 is 0. The van der Waals surface area contributed by atoms with Crippen LogP contribution in [0.2, 0.25) is 0 Å². The van der Waals surface area contributed by atoms with Crippen molar-refractivity contribution in [3.8, 4) is 0 Å². The van der Waals surface area contributed by atoms with E-state index in [0.717, 1.165) is 13.0 Å². The fourth-order valence-corrected chi connectivity index (χ4v) is 2.67. The van der Waals surface area contributed by atoms with Gasteiger partial charge in [-0.05, 0) is 6.42 Å². The molecule has 1 unspecified atom stereocenters. The van der Waals surface area contributed by atoms with E-state index >= 15 is 0 Å². The maximum absolute atomic E-state index is 5.37. The standard InChI is InChI=1S/C18H38O2/c1-4-5-6-7-8-9-10-11-12-13-14-15-16-18(20-3)17-19-2/h18H,4-17H2,1-3H3. The maximum atomic E-state index is 5.37. The molecule has 2 heteroatoms. The Kier molecular flexibility index (Phi) is 16.9. The van der Waals surface area contributed by atoms with Crippen LogP contribution in [-0.4, -0.2) is 26.9 Å². The van der Waals surface area contributed by atoms with Crippen molar-refractivity contribution in [2.45, 2.75) is 96.5 Å². The van der Waals surface area contributed by atoms with Crippen LogP contribution in [0, 0.1) is 0 Å². The van der Waals surface area contributed by atoms with Crippen LogP contribution in [0.4, 0.5) is 0 Å². The lowest BCUT2D eigenvalue weighted by atomic mass is 10.0. The number of methoxy groups -OCH3 is 2. The normalized spacial score (nSPS) is 12.8. The van der Waals surface area contributed by atoms with Crippen molar-refractivity contribution in [1.29, 1.82) is 0 Å². The predicted molar refractivity (Wildman–Crippen MR) is 88.4 cm³/mol. The van der Waals surface area contributed by atoms with E-state index in [9.17, 15) is 0 Å². The lowest BCUT2D eigenvalue weighted by molar-refractivity contribution is 0.0220. The third-order valence-electron chi connectivity index (χ3n) is 4.07. The van der Waals surface area contributed by atoms with Crippen molar-refractivity contribution < 1.29 is 9.47 Å². The molecular weight excluding hydrogens is 248 g/mol. The van der Waals surface area contributed by atoms with Crippen molar-refractivity contribution >= 4 is 0 Å². The molecule has 0 saturated heterocycles. The molecule has 0 N–H and O–H groups in total. The van der Waals surface area contributed by atoms with E-state index in [1.165, 1.54) is 77.0 Å². The lowest BCUT2D eigenvalue weighted by Gasteiger charge is -2.13. The summed E-state index contributed by atoms with van der Waals surface area (Å²) in [6.45, 7) is 3.01. The van der Waals surface area contributed by atoms with Crippen LogP contribution in [0.1, 0.15) is 90.4 Å². The van der Waals surface area contributed by atoms with Crippen LogP contribution in [0.15, 0.2) is 0 Å². The smallest absolute Gasteiger partial charge is 0.0804 e. The van der Waals surface area contributed by atoms with Crippen LogP contribution >= 0.6 is 0 Å². The highest BCUT2D eigenvalue weighted by Gasteiger charge is 2.05. The van der Waals surface area contributed by atoms with Crippen LogP contribution in [-0.2, 0) is 9.47 Å². The van der Waals surface area contributed by atoms with Gasteiger partial charge in [0.25, 0.3) is 0 Å². The van der Waals surface area contributed by atoms with Gasteiger partial charge in [-0.1, -0.05) is 84.0 Å². The highest BCUT2D eigenvalue weighted by molar-refractivity contribution is 4.56. The Hall–Kier alpha value is -0.0800. The third kappa shape index (κ3) is 14.3. The van der Waals surface area contributed by atoms with Crippen LogP contribution in [0.3, 0.4) is 0 Å². The van der Waals surface area contributed by atoms with E-state index in [-0.39, 0.29) is 0 Å². The molecule has 0 heterocycles. The van der Waals surface area contributed by atoms with Crippen LogP contribution < -0.4 is 0 Å². The molecule has 0 aliphatic heterocycles. The summed E-state index contributed by atoms with van der Waals surface area (Å²) in [5, 5.41) is 0. The van der Waals surface area contributed by atoms with Gasteiger partial charge < -0.3 is 9.47 Å². The van der Waals surface area contributed by atoms with Crippen molar-refractivity contribution in [1.82, 2.24) is 0 Å². The van der Waals surface area contributed by atoms with Gasteiger partial charge >= 0.3 is 0 Å². The van der Waals surface area contributed by atoms with Gasteiger partial charge in [-0.2, -0.15) is 0 Å². The molecule has 0 fully saturated rings. The Bertz CT molecular complexity index is 171. The van der Waals surface area contributed by atoms with Crippen LogP contribution in [0.5, 0.6) is 0 Å². The SMILES string of the molecule is CCCCCCCCCCCCCCC(COC)OC. The fraction of sp³-hybridized carbons (Fsp3) is 1.00. The van der Waals surface area contributed by atoms with Gasteiger partial charge in [0.15, 0.2) is 0 Å². The van der Waals surface area contributed by atoms with Gasteiger partial charge in [0, 0.05) is 14.2 Å². The van der Waals surface area contributed by atoms with E-state index < -0.39 is 0 Å². The highest BCUT2D eigenvalue weighted by atomic mass is 16.5. The Labute approximate surface area is 127 Å². The van der Waals surface area contributed by atoms with E-state index in [4.69, 9.17) is 9.47 Å². The minimum atomic E-state index is 0.295. The molecule has 0 rings (SSSR count). The number of hydrogen-bond acceptors (Lipinski definition) is 2. The summed E-state index contributed by atoms with van der Waals surface area (Å²) < 4.78 is 10.5. The quantitative estimate of drug-likeness (QED) is 0.337. The molecule has 0 saturated carbocycles. The first-order chi connectivity index (χ1) is 9.85. The first kappa shape index (κ1) is 19.9. The molecule has 0 spiro atoms. The van der Waals surface area contributed by atoms with Crippen LogP contribution in [0.25, 0.3) is 0 Å². The molecular formula is C18H38O2. The number of rotatable bonds is 16. The summed E-state index contributed by atoms with van der Waals surface area (Å²) in [4.78, 5) is 0. The molecule has 0 aromatic rings. The van der Waals surface area contributed by atoms with E-state index in [1.54, 1.807) is 14.2 Å². The summed E-state index contributed by atoms with van der Waals surface area (Å²) in [6, 6.07) is 0. The molecule has 20 heavy (non-hydrogen) atoms. The van der Waals surface area contributed by atoms with E-state index in [1.807, 2.05) is 0 Å². The fourth-order valence-electron chi connectivity index (χ4n) is 2.67. The molecule has 122 valence electrons. The zero-order chi connectivity index (χ0) is 14.9. The Balaban J connectivity index is 3.09. The van der Waals surface area contributed by atoms with Crippen molar-refractivity contribution in [3.63, 3.8) is 0 Å². The molecule has 0 bridgehead atoms. The highest BCUT2D eigenvalue weighted by Crippen LogP contribution is 2.13. The van der Waals surface area contributed by atoms with Crippen molar-refractivity contribution in [2.75, 3.05) is 20.8 Å². The second kappa shape index (κ2) is 17.0. The Morgan fingerprint density at radius 1 is 0.650 bits per heavy atom. The molecule has 0 aromatic heterocycles. The first-order valence-corrected chi connectivity index (χ1v) is 8.86. The zero-order valence-electron chi connectivity index (χ0n) is 14.3. The minimum absolute atomic E-state index is 0.295. The van der Waals surface area contributed by atoms with Crippen molar-refractivity contribution in [3.05, 3.63) is 0 Å². The molecule has 0 radical (unpaired) electrons. The number of ether oxygens (including phenoxy) is 2.